The topological polar surface area (TPSA) is 39.7 Å². The van der Waals surface area contributed by atoms with Crippen molar-refractivity contribution in [2.24, 2.45) is 10.9 Å². The van der Waals surface area contributed by atoms with Gasteiger partial charge in [-0.1, -0.05) is 0 Å². The molecule has 3 fully saturated rings. The normalized spacial score (nSPS) is 28.4. The molecule has 132 valence electrons. The molecule has 1 saturated heterocycles. The van der Waals surface area contributed by atoms with Crippen LogP contribution in [-0.2, 0) is 0 Å². The largest absolute Gasteiger partial charge is 0.357 e. The molecule has 0 aromatic rings. The van der Waals surface area contributed by atoms with Crippen molar-refractivity contribution in [2.75, 3.05) is 38.5 Å². The molecule has 1 aliphatic heterocycles. The molecular formula is C18H34N4S. The lowest BCUT2D eigenvalue weighted by atomic mass is 10.1. The molecule has 1 heterocycles. The highest BCUT2D eigenvalue weighted by Gasteiger charge is 2.33. The first-order valence-corrected chi connectivity index (χ1v) is 10.6. The number of hydrogen-bond acceptors (Lipinski definition) is 3. The summed E-state index contributed by atoms with van der Waals surface area (Å²) < 4.78 is 0.356. The summed E-state index contributed by atoms with van der Waals surface area (Å²) in [6.45, 7) is 9.88. The monoisotopic (exact) mass is 338 g/mol. The van der Waals surface area contributed by atoms with Crippen molar-refractivity contribution in [2.45, 2.75) is 63.2 Å². The second kappa shape index (κ2) is 8.11. The van der Waals surface area contributed by atoms with Gasteiger partial charge in [-0.05, 0) is 64.0 Å². The van der Waals surface area contributed by atoms with Gasteiger partial charge in [0.2, 0.25) is 0 Å². The summed E-state index contributed by atoms with van der Waals surface area (Å²) in [6.07, 6.45) is 8.39. The van der Waals surface area contributed by atoms with Gasteiger partial charge in [-0.25, -0.2) is 0 Å². The molecule has 2 aliphatic carbocycles. The molecular weight excluding hydrogens is 304 g/mol. The third-order valence-electron chi connectivity index (χ3n) is 5.16. The van der Waals surface area contributed by atoms with Gasteiger partial charge in [0.15, 0.2) is 5.96 Å². The lowest BCUT2D eigenvalue weighted by Crippen LogP contribution is -2.43. The Balaban J connectivity index is 1.42. The van der Waals surface area contributed by atoms with Crippen molar-refractivity contribution in [3.63, 3.8) is 0 Å². The maximum atomic E-state index is 4.85. The zero-order valence-electron chi connectivity index (χ0n) is 14.9. The van der Waals surface area contributed by atoms with Gasteiger partial charge in [0.1, 0.15) is 0 Å². The van der Waals surface area contributed by atoms with Gasteiger partial charge in [-0.15, -0.1) is 0 Å². The van der Waals surface area contributed by atoms with E-state index >= 15 is 0 Å². The minimum Gasteiger partial charge on any atom is -0.357 e. The quantitative estimate of drug-likeness (QED) is 0.501. The SMILES string of the molecule is CCNC(=NCC1(C)CCCS1)NCCN(CC1CC1)C1CC1. The Labute approximate surface area is 146 Å². The fraction of sp³-hybridized carbons (Fsp3) is 0.944. The maximum Gasteiger partial charge on any atom is 0.191 e. The van der Waals surface area contributed by atoms with Crippen LogP contribution in [0.4, 0.5) is 0 Å². The van der Waals surface area contributed by atoms with E-state index in [0.717, 1.165) is 44.1 Å². The maximum absolute atomic E-state index is 4.85. The minimum atomic E-state index is 0.356. The van der Waals surface area contributed by atoms with Crippen LogP contribution < -0.4 is 10.6 Å². The molecule has 0 radical (unpaired) electrons. The predicted molar refractivity (Wildman–Crippen MR) is 101 cm³/mol. The molecule has 5 heteroatoms. The zero-order valence-corrected chi connectivity index (χ0v) is 15.8. The molecule has 0 spiro atoms. The van der Waals surface area contributed by atoms with Crippen molar-refractivity contribution in [1.82, 2.24) is 15.5 Å². The van der Waals surface area contributed by atoms with Crippen LogP contribution in [0, 0.1) is 5.92 Å². The Hall–Kier alpha value is -0.420. The summed E-state index contributed by atoms with van der Waals surface area (Å²) >= 11 is 2.09. The highest BCUT2D eigenvalue weighted by Crippen LogP contribution is 2.37. The number of aliphatic imine (C=N–C) groups is 1. The summed E-state index contributed by atoms with van der Waals surface area (Å²) in [5, 5.41) is 6.96. The van der Waals surface area contributed by atoms with Crippen molar-refractivity contribution in [1.29, 1.82) is 0 Å². The first kappa shape index (κ1) is 17.4. The molecule has 3 rings (SSSR count). The summed E-state index contributed by atoms with van der Waals surface area (Å²) in [4.78, 5) is 7.56. The average molecular weight is 339 g/mol. The smallest absolute Gasteiger partial charge is 0.191 e. The van der Waals surface area contributed by atoms with E-state index in [1.165, 1.54) is 50.8 Å². The van der Waals surface area contributed by atoms with Crippen molar-refractivity contribution in [3.8, 4) is 0 Å². The van der Waals surface area contributed by atoms with E-state index in [4.69, 9.17) is 4.99 Å². The number of guanidine groups is 1. The molecule has 0 aromatic carbocycles. The van der Waals surface area contributed by atoms with E-state index < -0.39 is 0 Å². The molecule has 0 aromatic heterocycles. The Kier molecular flexibility index (Phi) is 6.13. The van der Waals surface area contributed by atoms with E-state index in [2.05, 4.69) is 41.1 Å². The molecule has 2 saturated carbocycles. The first-order chi connectivity index (χ1) is 11.2. The van der Waals surface area contributed by atoms with Crippen LogP contribution in [0.2, 0.25) is 0 Å². The third-order valence-corrected chi connectivity index (χ3v) is 6.68. The van der Waals surface area contributed by atoms with Gasteiger partial charge < -0.3 is 10.6 Å². The van der Waals surface area contributed by atoms with E-state index in [1.54, 1.807) is 0 Å². The van der Waals surface area contributed by atoms with Crippen molar-refractivity contribution >= 4 is 17.7 Å². The van der Waals surface area contributed by atoms with Crippen LogP contribution in [0.1, 0.15) is 52.4 Å². The number of thioether (sulfide) groups is 1. The summed E-state index contributed by atoms with van der Waals surface area (Å²) in [5.41, 5.74) is 0. The Bertz CT molecular complexity index is 398. The number of hydrogen-bond donors (Lipinski definition) is 2. The van der Waals surface area contributed by atoms with Crippen LogP contribution in [0.15, 0.2) is 4.99 Å². The van der Waals surface area contributed by atoms with Crippen LogP contribution in [0.25, 0.3) is 0 Å². The molecule has 4 nitrogen and oxygen atoms in total. The van der Waals surface area contributed by atoms with Crippen LogP contribution in [-0.4, -0.2) is 60.1 Å². The standard InChI is InChI=1S/C18H34N4S/c1-3-19-17(21-14-18(2)9-4-12-23-18)20-10-11-22(16-7-8-16)13-15-5-6-15/h15-16H,3-14H2,1-2H3,(H2,19,20,21). The fourth-order valence-corrected chi connectivity index (χ4v) is 4.59. The minimum absolute atomic E-state index is 0.356. The zero-order chi connectivity index (χ0) is 16.1. The molecule has 2 N–H and O–H groups in total. The molecule has 0 amide bonds. The Morgan fingerprint density at radius 3 is 2.70 bits per heavy atom. The average Bonchev–Trinajstić information content (AvgIpc) is 3.44. The van der Waals surface area contributed by atoms with Crippen LogP contribution in [0.3, 0.4) is 0 Å². The van der Waals surface area contributed by atoms with E-state index in [0.29, 0.717) is 4.75 Å². The van der Waals surface area contributed by atoms with Crippen LogP contribution >= 0.6 is 11.8 Å². The van der Waals surface area contributed by atoms with Crippen molar-refractivity contribution < 1.29 is 0 Å². The number of nitrogens with one attached hydrogen (secondary N) is 2. The van der Waals surface area contributed by atoms with E-state index in [-0.39, 0.29) is 0 Å². The van der Waals surface area contributed by atoms with E-state index in [9.17, 15) is 0 Å². The molecule has 1 unspecified atom stereocenters. The second-order valence-electron chi connectivity index (χ2n) is 7.69. The second-order valence-corrected chi connectivity index (χ2v) is 9.38. The van der Waals surface area contributed by atoms with Gasteiger partial charge in [-0.2, -0.15) is 11.8 Å². The lowest BCUT2D eigenvalue weighted by molar-refractivity contribution is 0.256. The van der Waals surface area contributed by atoms with Gasteiger partial charge in [-0.3, -0.25) is 9.89 Å². The summed E-state index contributed by atoms with van der Waals surface area (Å²) in [5.74, 6) is 3.30. The van der Waals surface area contributed by atoms with Crippen LogP contribution in [0.5, 0.6) is 0 Å². The molecule has 23 heavy (non-hydrogen) atoms. The van der Waals surface area contributed by atoms with Gasteiger partial charge >= 0.3 is 0 Å². The number of nitrogens with zero attached hydrogens (tertiary/aromatic N) is 2. The lowest BCUT2D eigenvalue weighted by Gasteiger charge is -2.23. The van der Waals surface area contributed by atoms with Gasteiger partial charge in [0.05, 0.1) is 6.54 Å². The number of rotatable bonds is 9. The van der Waals surface area contributed by atoms with Gasteiger partial charge in [0, 0.05) is 37.0 Å². The first-order valence-electron chi connectivity index (χ1n) is 9.59. The van der Waals surface area contributed by atoms with E-state index in [1.807, 2.05) is 0 Å². The summed E-state index contributed by atoms with van der Waals surface area (Å²) in [6, 6.07) is 0.880. The highest BCUT2D eigenvalue weighted by molar-refractivity contribution is 8.00. The molecule has 0 bridgehead atoms. The predicted octanol–water partition coefficient (Wildman–Crippen LogP) is 2.70. The third kappa shape index (κ3) is 5.86. The molecule has 1 atom stereocenters. The van der Waals surface area contributed by atoms with Crippen molar-refractivity contribution in [3.05, 3.63) is 0 Å². The Morgan fingerprint density at radius 2 is 2.09 bits per heavy atom. The Morgan fingerprint density at radius 1 is 1.26 bits per heavy atom. The fourth-order valence-electron chi connectivity index (χ4n) is 3.36. The molecule has 3 aliphatic rings. The van der Waals surface area contributed by atoms with Gasteiger partial charge in [0.25, 0.3) is 0 Å². The highest BCUT2D eigenvalue weighted by atomic mass is 32.2. The summed E-state index contributed by atoms with van der Waals surface area (Å²) in [7, 11) is 0.